The van der Waals surface area contributed by atoms with E-state index in [0.29, 0.717) is 18.7 Å². The number of phenols is 2. The molecule has 6 nitrogen and oxygen atoms in total. The van der Waals surface area contributed by atoms with Crippen LogP contribution in [-0.2, 0) is 0 Å². The van der Waals surface area contributed by atoms with Gasteiger partial charge >= 0.3 is 0 Å². The zero-order valence-corrected chi connectivity index (χ0v) is 13.8. The van der Waals surface area contributed by atoms with E-state index in [1.54, 1.807) is 12.1 Å². The molecule has 0 atom stereocenters. The molecule has 2 heterocycles. The normalized spacial score (nSPS) is 14.5. The molecule has 0 unspecified atom stereocenters. The van der Waals surface area contributed by atoms with E-state index in [9.17, 15) is 15.0 Å². The van der Waals surface area contributed by atoms with E-state index in [2.05, 4.69) is 5.32 Å². The van der Waals surface area contributed by atoms with Crippen molar-refractivity contribution in [2.75, 3.05) is 20.2 Å². The first-order valence-electron chi connectivity index (χ1n) is 7.90. The van der Waals surface area contributed by atoms with Gasteiger partial charge in [-0.3, -0.25) is 4.79 Å². The Bertz CT molecular complexity index is 834. The quantitative estimate of drug-likeness (QED) is 0.572. The lowest BCUT2D eigenvalue weighted by Gasteiger charge is -2.19. The number of nitrogens with one attached hydrogen (secondary N) is 1. The summed E-state index contributed by atoms with van der Waals surface area (Å²) in [4.78, 5) is 12.6. The molecule has 3 rings (SSSR count). The number of hydrogen-bond donors (Lipinski definition) is 3. The highest BCUT2D eigenvalue weighted by Crippen LogP contribution is 2.43. The average Bonchev–Trinajstić information content (AvgIpc) is 3.13. The van der Waals surface area contributed by atoms with E-state index in [4.69, 9.17) is 9.15 Å². The van der Waals surface area contributed by atoms with Crippen LogP contribution in [0.15, 0.2) is 41.0 Å². The fraction of sp³-hybridized carbons (Fsp3) is 0.211. The van der Waals surface area contributed by atoms with Gasteiger partial charge in [-0.1, -0.05) is 6.08 Å². The fourth-order valence-corrected chi connectivity index (χ4v) is 2.82. The Kier molecular flexibility index (Phi) is 4.90. The summed E-state index contributed by atoms with van der Waals surface area (Å²) in [5.74, 6) is -0.205. The SMILES string of the molecule is COc1cc(O)c(C2=CCNCC2)c(O)c1C(=O)/C=C/c1ccco1. The molecule has 0 aliphatic carbocycles. The van der Waals surface area contributed by atoms with Crippen LogP contribution >= 0.6 is 0 Å². The van der Waals surface area contributed by atoms with Crippen molar-refractivity contribution in [2.24, 2.45) is 0 Å². The van der Waals surface area contributed by atoms with Crippen molar-refractivity contribution in [3.05, 3.63) is 53.5 Å². The second-order valence-electron chi connectivity index (χ2n) is 5.59. The lowest BCUT2D eigenvalue weighted by atomic mass is 9.94. The molecule has 3 N–H and O–H groups in total. The maximum atomic E-state index is 12.6. The first kappa shape index (κ1) is 16.9. The van der Waals surface area contributed by atoms with E-state index in [1.807, 2.05) is 6.08 Å². The van der Waals surface area contributed by atoms with Crippen molar-refractivity contribution in [2.45, 2.75) is 6.42 Å². The van der Waals surface area contributed by atoms with E-state index in [0.717, 1.165) is 12.1 Å². The molecule has 0 saturated carbocycles. The third kappa shape index (κ3) is 3.44. The molecule has 1 aromatic heterocycles. The molecule has 0 saturated heterocycles. The lowest BCUT2D eigenvalue weighted by Crippen LogP contribution is -2.20. The second kappa shape index (κ2) is 7.27. The molecule has 0 fully saturated rings. The number of rotatable bonds is 5. The summed E-state index contributed by atoms with van der Waals surface area (Å²) in [6.07, 6.45) is 6.84. The molecular formula is C19H19NO5. The molecule has 0 bridgehead atoms. The molecular weight excluding hydrogens is 322 g/mol. The topological polar surface area (TPSA) is 91.9 Å². The van der Waals surface area contributed by atoms with Crippen LogP contribution in [0.1, 0.15) is 28.1 Å². The third-order valence-corrected chi connectivity index (χ3v) is 4.04. The highest BCUT2D eigenvalue weighted by Gasteiger charge is 2.24. The van der Waals surface area contributed by atoms with Crippen molar-refractivity contribution in [1.82, 2.24) is 5.32 Å². The van der Waals surface area contributed by atoms with Gasteiger partial charge in [-0.05, 0) is 42.8 Å². The standard InChI is InChI=1S/C19H19NO5/c1-24-16-11-15(22)17(12-6-8-20-9-7-12)19(23)18(16)14(21)5-4-13-3-2-10-25-13/h2-6,10-11,20,22-23H,7-9H2,1H3/b5-4+. The number of ketones is 1. The van der Waals surface area contributed by atoms with Gasteiger partial charge in [-0.15, -0.1) is 0 Å². The average molecular weight is 341 g/mol. The highest BCUT2D eigenvalue weighted by atomic mass is 16.5. The van der Waals surface area contributed by atoms with Crippen LogP contribution in [0.4, 0.5) is 0 Å². The number of carbonyl (C=O) groups excluding carboxylic acids is 1. The van der Waals surface area contributed by atoms with Gasteiger partial charge in [0, 0.05) is 12.6 Å². The summed E-state index contributed by atoms with van der Waals surface area (Å²) >= 11 is 0. The monoisotopic (exact) mass is 341 g/mol. The first-order valence-corrected chi connectivity index (χ1v) is 7.90. The zero-order chi connectivity index (χ0) is 17.8. The number of benzene rings is 1. The Labute approximate surface area is 145 Å². The number of allylic oxidation sites excluding steroid dienone is 1. The van der Waals surface area contributed by atoms with E-state index >= 15 is 0 Å². The second-order valence-corrected chi connectivity index (χ2v) is 5.59. The third-order valence-electron chi connectivity index (χ3n) is 4.04. The molecule has 1 aromatic carbocycles. The van der Waals surface area contributed by atoms with Crippen LogP contribution in [-0.4, -0.2) is 36.2 Å². The lowest BCUT2D eigenvalue weighted by molar-refractivity contribution is 0.104. The van der Waals surface area contributed by atoms with Gasteiger partial charge in [0.15, 0.2) is 5.78 Å². The number of methoxy groups -OCH3 is 1. The van der Waals surface area contributed by atoms with Crippen LogP contribution in [0.2, 0.25) is 0 Å². The van der Waals surface area contributed by atoms with Crippen LogP contribution in [0.25, 0.3) is 11.6 Å². The Morgan fingerprint density at radius 2 is 2.24 bits per heavy atom. The van der Waals surface area contributed by atoms with Gasteiger partial charge in [-0.25, -0.2) is 0 Å². The molecule has 0 spiro atoms. The number of carbonyl (C=O) groups is 1. The molecule has 130 valence electrons. The Morgan fingerprint density at radius 1 is 1.40 bits per heavy atom. The summed E-state index contributed by atoms with van der Waals surface area (Å²) < 4.78 is 10.3. The van der Waals surface area contributed by atoms with Gasteiger partial charge in [-0.2, -0.15) is 0 Å². The molecule has 6 heteroatoms. The van der Waals surface area contributed by atoms with Crippen molar-refractivity contribution in [1.29, 1.82) is 0 Å². The van der Waals surface area contributed by atoms with E-state index < -0.39 is 5.78 Å². The van der Waals surface area contributed by atoms with Gasteiger partial charge in [0.1, 0.15) is 28.6 Å². The Balaban J connectivity index is 2.05. The predicted octanol–water partition coefficient (Wildman–Crippen LogP) is 2.97. The number of ether oxygens (including phenoxy) is 1. The Morgan fingerprint density at radius 3 is 2.88 bits per heavy atom. The van der Waals surface area contributed by atoms with E-state index in [-0.39, 0.29) is 28.4 Å². The summed E-state index contributed by atoms with van der Waals surface area (Å²) in [6.45, 7) is 1.38. The van der Waals surface area contributed by atoms with Crippen LogP contribution in [0.3, 0.4) is 0 Å². The van der Waals surface area contributed by atoms with Crippen molar-refractivity contribution < 1.29 is 24.2 Å². The molecule has 1 aliphatic rings. The summed E-state index contributed by atoms with van der Waals surface area (Å²) in [5, 5.41) is 24.1. The molecule has 2 aromatic rings. The van der Waals surface area contributed by atoms with Gasteiger partial charge < -0.3 is 24.7 Å². The van der Waals surface area contributed by atoms with Crippen molar-refractivity contribution >= 4 is 17.4 Å². The van der Waals surface area contributed by atoms with Crippen molar-refractivity contribution in [3.63, 3.8) is 0 Å². The predicted molar refractivity (Wildman–Crippen MR) is 93.9 cm³/mol. The number of hydrogen-bond acceptors (Lipinski definition) is 6. The number of aromatic hydroxyl groups is 2. The molecule has 0 radical (unpaired) electrons. The van der Waals surface area contributed by atoms with E-state index in [1.165, 1.54) is 31.6 Å². The van der Waals surface area contributed by atoms with Crippen molar-refractivity contribution in [3.8, 4) is 17.2 Å². The Hall–Kier alpha value is -2.99. The summed E-state index contributed by atoms with van der Waals surface area (Å²) in [7, 11) is 1.38. The first-order chi connectivity index (χ1) is 12.1. The van der Waals surface area contributed by atoms with Gasteiger partial charge in [0.2, 0.25) is 0 Å². The van der Waals surface area contributed by atoms with Crippen LogP contribution < -0.4 is 10.1 Å². The molecule has 1 aliphatic heterocycles. The molecule has 0 amide bonds. The highest BCUT2D eigenvalue weighted by molar-refractivity contribution is 6.11. The largest absolute Gasteiger partial charge is 0.507 e. The molecule has 25 heavy (non-hydrogen) atoms. The minimum atomic E-state index is -0.443. The number of furan rings is 1. The minimum absolute atomic E-state index is 0.0116. The maximum absolute atomic E-state index is 12.6. The van der Waals surface area contributed by atoms with Gasteiger partial charge in [0.05, 0.1) is 18.9 Å². The smallest absolute Gasteiger partial charge is 0.193 e. The van der Waals surface area contributed by atoms with Crippen LogP contribution in [0, 0.1) is 0 Å². The maximum Gasteiger partial charge on any atom is 0.193 e. The summed E-state index contributed by atoms with van der Waals surface area (Å²) in [5.41, 5.74) is 1.08. The number of phenolic OH excluding ortho intramolecular Hbond substituents is 2. The summed E-state index contributed by atoms with van der Waals surface area (Å²) in [6, 6.07) is 4.78. The minimum Gasteiger partial charge on any atom is -0.507 e. The van der Waals surface area contributed by atoms with Crippen LogP contribution in [0.5, 0.6) is 17.2 Å². The van der Waals surface area contributed by atoms with Gasteiger partial charge in [0.25, 0.3) is 0 Å². The zero-order valence-electron chi connectivity index (χ0n) is 13.8. The fourth-order valence-electron chi connectivity index (χ4n) is 2.82.